The maximum atomic E-state index is 12.9. The fourth-order valence-electron chi connectivity index (χ4n) is 3.34. The predicted octanol–water partition coefficient (Wildman–Crippen LogP) is 3.15. The van der Waals surface area contributed by atoms with Crippen LogP contribution in [0, 0.1) is 6.92 Å². The quantitative estimate of drug-likeness (QED) is 0.705. The van der Waals surface area contributed by atoms with Gasteiger partial charge in [0.15, 0.2) is 5.69 Å². The zero-order chi connectivity index (χ0) is 17.9. The van der Waals surface area contributed by atoms with Gasteiger partial charge in [-0.2, -0.15) is 0 Å². The van der Waals surface area contributed by atoms with Crippen LogP contribution in [0.1, 0.15) is 50.9 Å². The zero-order valence-electron chi connectivity index (χ0n) is 14.5. The van der Waals surface area contributed by atoms with Crippen molar-refractivity contribution in [2.24, 2.45) is 0 Å². The molecule has 0 aromatic carbocycles. The summed E-state index contributed by atoms with van der Waals surface area (Å²) >= 11 is 3.28. The summed E-state index contributed by atoms with van der Waals surface area (Å²) in [6, 6.07) is 8.28. The minimum absolute atomic E-state index is 0.147. The molecule has 3 aromatic heterocycles. The summed E-state index contributed by atoms with van der Waals surface area (Å²) in [4.78, 5) is 15.2. The lowest BCUT2D eigenvalue weighted by Gasteiger charge is -2.23. The van der Waals surface area contributed by atoms with Gasteiger partial charge in [-0.3, -0.25) is 4.79 Å². The number of rotatable bonds is 5. The van der Waals surface area contributed by atoms with E-state index in [9.17, 15) is 4.79 Å². The number of hydrogen-bond acceptors (Lipinski definition) is 6. The van der Waals surface area contributed by atoms with Crippen LogP contribution in [0.25, 0.3) is 0 Å². The number of thiophene rings is 2. The van der Waals surface area contributed by atoms with Crippen LogP contribution in [0.15, 0.2) is 35.0 Å². The normalized spacial score (nSPS) is 15.5. The number of amides is 1. The lowest BCUT2D eigenvalue weighted by molar-refractivity contribution is 0.0938. The first-order chi connectivity index (χ1) is 12.7. The highest BCUT2D eigenvalue weighted by Crippen LogP contribution is 2.29. The lowest BCUT2D eigenvalue weighted by atomic mass is 10.1. The van der Waals surface area contributed by atoms with Gasteiger partial charge in [-0.25, -0.2) is 4.68 Å². The Morgan fingerprint density at radius 2 is 1.88 bits per heavy atom. The van der Waals surface area contributed by atoms with Crippen molar-refractivity contribution in [1.82, 2.24) is 25.6 Å². The summed E-state index contributed by atoms with van der Waals surface area (Å²) in [5.41, 5.74) is 1.26. The Hall–Kier alpha value is -2.03. The number of piperidine rings is 1. The number of aromatic nitrogens is 3. The molecular weight excluding hydrogens is 366 g/mol. The first-order valence-electron chi connectivity index (χ1n) is 8.74. The molecule has 0 bridgehead atoms. The van der Waals surface area contributed by atoms with E-state index in [4.69, 9.17) is 0 Å². The monoisotopic (exact) mass is 387 g/mol. The van der Waals surface area contributed by atoms with Crippen molar-refractivity contribution in [3.8, 4) is 0 Å². The smallest absolute Gasteiger partial charge is 0.274 e. The molecule has 136 valence electrons. The Morgan fingerprint density at radius 3 is 2.46 bits per heavy atom. The highest BCUT2D eigenvalue weighted by atomic mass is 32.1. The van der Waals surface area contributed by atoms with E-state index in [1.165, 1.54) is 0 Å². The standard InChI is InChI=1S/C18H21N5OS2/c1-12-16(21-22-23(12)13-6-8-19-9-7-13)18(24)20-17(14-4-2-10-25-14)15-5-3-11-26-15/h2-5,10-11,13,17,19H,6-9H2,1H3,(H,20,24). The lowest BCUT2D eigenvalue weighted by Crippen LogP contribution is -2.31. The molecule has 4 heterocycles. The molecule has 0 spiro atoms. The highest BCUT2D eigenvalue weighted by molar-refractivity contribution is 7.11. The fourth-order valence-corrected chi connectivity index (χ4v) is 5.00. The van der Waals surface area contributed by atoms with Crippen molar-refractivity contribution < 1.29 is 4.79 Å². The van der Waals surface area contributed by atoms with Gasteiger partial charge in [-0.1, -0.05) is 17.3 Å². The minimum Gasteiger partial charge on any atom is -0.338 e. The fraction of sp³-hybridized carbons (Fsp3) is 0.389. The molecule has 1 aliphatic rings. The maximum absolute atomic E-state index is 12.9. The first kappa shape index (κ1) is 17.4. The molecule has 1 saturated heterocycles. The van der Waals surface area contributed by atoms with Crippen molar-refractivity contribution in [1.29, 1.82) is 0 Å². The van der Waals surface area contributed by atoms with Gasteiger partial charge in [0.1, 0.15) is 0 Å². The van der Waals surface area contributed by atoms with Crippen LogP contribution in [0.4, 0.5) is 0 Å². The van der Waals surface area contributed by atoms with E-state index in [2.05, 4.69) is 20.9 Å². The Bertz CT molecular complexity index is 816. The number of carbonyl (C=O) groups is 1. The van der Waals surface area contributed by atoms with Crippen molar-refractivity contribution >= 4 is 28.6 Å². The minimum atomic E-state index is -0.172. The first-order valence-corrected chi connectivity index (χ1v) is 10.5. The molecule has 0 atom stereocenters. The van der Waals surface area contributed by atoms with Gasteiger partial charge < -0.3 is 10.6 Å². The van der Waals surface area contributed by atoms with Crippen molar-refractivity contribution in [3.63, 3.8) is 0 Å². The zero-order valence-corrected chi connectivity index (χ0v) is 16.1. The van der Waals surface area contributed by atoms with Gasteiger partial charge in [0, 0.05) is 9.75 Å². The summed E-state index contributed by atoms with van der Waals surface area (Å²) in [5.74, 6) is -0.172. The molecular formula is C18H21N5OS2. The van der Waals surface area contributed by atoms with Crippen LogP contribution in [-0.4, -0.2) is 34.0 Å². The molecule has 0 aliphatic carbocycles. The van der Waals surface area contributed by atoms with E-state index in [0.717, 1.165) is 41.4 Å². The molecule has 0 saturated carbocycles. The number of carbonyl (C=O) groups excluding carboxylic acids is 1. The molecule has 0 radical (unpaired) electrons. The molecule has 1 aliphatic heterocycles. The van der Waals surface area contributed by atoms with Crippen LogP contribution in [0.2, 0.25) is 0 Å². The molecule has 8 heteroatoms. The average Bonchev–Trinajstić information content (AvgIpc) is 3.42. The average molecular weight is 388 g/mol. The van der Waals surface area contributed by atoms with Gasteiger partial charge in [-0.15, -0.1) is 27.8 Å². The Morgan fingerprint density at radius 1 is 1.23 bits per heavy atom. The van der Waals surface area contributed by atoms with Gasteiger partial charge >= 0.3 is 0 Å². The second-order valence-corrected chi connectivity index (χ2v) is 8.35. The molecule has 4 rings (SSSR count). The second-order valence-electron chi connectivity index (χ2n) is 6.39. The Labute approximate surface area is 160 Å². The van der Waals surface area contributed by atoms with Crippen LogP contribution < -0.4 is 10.6 Å². The van der Waals surface area contributed by atoms with Crippen LogP contribution in [-0.2, 0) is 0 Å². The summed E-state index contributed by atoms with van der Waals surface area (Å²) < 4.78 is 1.92. The molecule has 0 unspecified atom stereocenters. The van der Waals surface area contributed by atoms with Gasteiger partial charge in [0.2, 0.25) is 0 Å². The van der Waals surface area contributed by atoms with E-state index in [1.807, 2.05) is 46.6 Å². The van der Waals surface area contributed by atoms with Crippen molar-refractivity contribution in [2.75, 3.05) is 13.1 Å². The summed E-state index contributed by atoms with van der Waals surface area (Å²) in [6.07, 6.45) is 2.02. The third kappa shape index (κ3) is 3.44. The summed E-state index contributed by atoms with van der Waals surface area (Å²) in [5, 5.41) is 19.0. The molecule has 26 heavy (non-hydrogen) atoms. The second kappa shape index (κ2) is 7.69. The van der Waals surface area contributed by atoms with Crippen LogP contribution in [0.5, 0.6) is 0 Å². The number of nitrogens with zero attached hydrogens (tertiary/aromatic N) is 3. The molecule has 3 aromatic rings. The third-order valence-corrected chi connectivity index (χ3v) is 6.60. The van der Waals surface area contributed by atoms with Crippen molar-refractivity contribution in [2.45, 2.75) is 31.8 Å². The summed E-state index contributed by atoms with van der Waals surface area (Å²) in [6.45, 7) is 3.89. The van der Waals surface area contributed by atoms with Crippen LogP contribution >= 0.6 is 22.7 Å². The van der Waals surface area contributed by atoms with Gasteiger partial charge in [-0.05, 0) is 55.7 Å². The van der Waals surface area contributed by atoms with Crippen LogP contribution in [0.3, 0.4) is 0 Å². The highest BCUT2D eigenvalue weighted by Gasteiger charge is 2.26. The van der Waals surface area contributed by atoms with Crippen molar-refractivity contribution in [3.05, 3.63) is 56.2 Å². The van der Waals surface area contributed by atoms with E-state index < -0.39 is 0 Å². The third-order valence-electron chi connectivity index (χ3n) is 4.73. The summed E-state index contributed by atoms with van der Waals surface area (Å²) in [7, 11) is 0. The van der Waals surface area contributed by atoms with E-state index in [-0.39, 0.29) is 11.9 Å². The van der Waals surface area contributed by atoms with Gasteiger partial charge in [0.25, 0.3) is 5.91 Å². The SMILES string of the molecule is Cc1c(C(=O)NC(c2cccs2)c2cccs2)nnn1C1CCNCC1. The Balaban J connectivity index is 1.56. The van der Waals surface area contributed by atoms with E-state index in [0.29, 0.717) is 11.7 Å². The maximum Gasteiger partial charge on any atom is 0.274 e. The largest absolute Gasteiger partial charge is 0.338 e. The van der Waals surface area contributed by atoms with Gasteiger partial charge in [0.05, 0.1) is 17.8 Å². The number of nitrogens with one attached hydrogen (secondary N) is 2. The van der Waals surface area contributed by atoms with E-state index >= 15 is 0 Å². The van der Waals surface area contributed by atoms with E-state index in [1.54, 1.807) is 22.7 Å². The number of hydrogen-bond donors (Lipinski definition) is 2. The Kier molecular flexibility index (Phi) is 5.14. The molecule has 2 N–H and O–H groups in total. The molecule has 1 amide bonds. The molecule has 6 nitrogen and oxygen atoms in total. The predicted molar refractivity (Wildman–Crippen MR) is 104 cm³/mol. The molecule has 1 fully saturated rings. The topological polar surface area (TPSA) is 71.8 Å².